The Hall–Kier alpha value is -3.13. The molecule has 0 radical (unpaired) electrons. The number of para-hydroxylation sites is 1. The summed E-state index contributed by atoms with van der Waals surface area (Å²) in [5.41, 5.74) is 0.745. The van der Waals surface area contributed by atoms with Crippen molar-refractivity contribution in [1.29, 1.82) is 0 Å². The number of amides is 2. The maximum Gasteiger partial charge on any atom is 0.416 e. The van der Waals surface area contributed by atoms with Gasteiger partial charge in [-0.2, -0.15) is 13.2 Å². The molecule has 30 heavy (non-hydrogen) atoms. The SMILES string of the molecule is O=C(Nc1ccccc1C(=O)NCc1ccc(C(F)(F)F)cc1)c1ccccc1Br. The molecule has 0 spiro atoms. The molecule has 3 rings (SSSR count). The van der Waals surface area contributed by atoms with Gasteiger partial charge in [0.1, 0.15) is 0 Å². The third-order valence-electron chi connectivity index (χ3n) is 4.27. The van der Waals surface area contributed by atoms with Crippen LogP contribution in [0.15, 0.2) is 77.3 Å². The molecule has 0 aliphatic carbocycles. The fourth-order valence-corrected chi connectivity index (χ4v) is 3.18. The summed E-state index contributed by atoms with van der Waals surface area (Å²) < 4.78 is 38.5. The number of carbonyl (C=O) groups excluding carboxylic acids is 2. The first-order valence-corrected chi connectivity index (χ1v) is 9.64. The number of nitrogens with one attached hydrogen (secondary N) is 2. The fourth-order valence-electron chi connectivity index (χ4n) is 2.71. The first kappa shape index (κ1) is 21.6. The van der Waals surface area contributed by atoms with E-state index < -0.39 is 17.6 Å². The second-order valence-electron chi connectivity index (χ2n) is 6.36. The molecule has 0 aliphatic rings. The van der Waals surface area contributed by atoms with Crippen LogP contribution in [0.2, 0.25) is 0 Å². The van der Waals surface area contributed by atoms with Gasteiger partial charge in [0.2, 0.25) is 0 Å². The van der Waals surface area contributed by atoms with Crippen molar-refractivity contribution in [2.75, 3.05) is 5.32 Å². The van der Waals surface area contributed by atoms with Crippen LogP contribution in [0, 0.1) is 0 Å². The van der Waals surface area contributed by atoms with Crippen molar-refractivity contribution in [3.63, 3.8) is 0 Å². The smallest absolute Gasteiger partial charge is 0.348 e. The van der Waals surface area contributed by atoms with Crippen LogP contribution in [0.4, 0.5) is 18.9 Å². The van der Waals surface area contributed by atoms with E-state index in [0.717, 1.165) is 12.1 Å². The minimum absolute atomic E-state index is 0.0451. The summed E-state index contributed by atoms with van der Waals surface area (Å²) in [6, 6.07) is 17.9. The van der Waals surface area contributed by atoms with E-state index in [1.54, 1.807) is 48.5 Å². The van der Waals surface area contributed by atoms with Gasteiger partial charge in [0.15, 0.2) is 0 Å². The van der Waals surface area contributed by atoms with Crippen molar-refractivity contribution in [2.45, 2.75) is 12.7 Å². The zero-order valence-corrected chi connectivity index (χ0v) is 17.0. The monoisotopic (exact) mass is 476 g/mol. The van der Waals surface area contributed by atoms with Crippen LogP contribution in [-0.2, 0) is 12.7 Å². The third-order valence-corrected chi connectivity index (χ3v) is 4.96. The Bertz CT molecular complexity index is 1070. The first-order chi connectivity index (χ1) is 14.3. The molecule has 3 aromatic rings. The van der Waals surface area contributed by atoms with Gasteiger partial charge in [0.25, 0.3) is 11.8 Å². The average Bonchev–Trinajstić information content (AvgIpc) is 2.72. The van der Waals surface area contributed by atoms with Gasteiger partial charge in [-0.1, -0.05) is 36.4 Å². The van der Waals surface area contributed by atoms with Crippen LogP contribution in [0.1, 0.15) is 31.8 Å². The summed E-state index contributed by atoms with van der Waals surface area (Å²) in [7, 11) is 0. The standard InChI is InChI=1S/C22H16BrF3N2O2/c23-18-7-3-1-5-16(18)21(30)28-19-8-4-2-6-17(19)20(29)27-13-14-9-11-15(12-10-14)22(24,25)26/h1-12H,13H2,(H,27,29)(H,28,30). The second kappa shape index (κ2) is 9.13. The number of anilines is 1. The average molecular weight is 477 g/mol. The van der Waals surface area contributed by atoms with Crippen molar-refractivity contribution in [3.8, 4) is 0 Å². The van der Waals surface area contributed by atoms with Gasteiger partial charge in [-0.3, -0.25) is 9.59 Å². The largest absolute Gasteiger partial charge is 0.416 e. The van der Waals surface area contributed by atoms with Crippen molar-refractivity contribution >= 4 is 33.4 Å². The van der Waals surface area contributed by atoms with Crippen LogP contribution in [0.5, 0.6) is 0 Å². The van der Waals surface area contributed by atoms with Gasteiger partial charge >= 0.3 is 6.18 Å². The molecule has 0 saturated carbocycles. The molecule has 2 N–H and O–H groups in total. The molecule has 4 nitrogen and oxygen atoms in total. The highest BCUT2D eigenvalue weighted by atomic mass is 79.9. The molecule has 0 heterocycles. The lowest BCUT2D eigenvalue weighted by atomic mass is 10.1. The zero-order valence-electron chi connectivity index (χ0n) is 15.5. The quantitative estimate of drug-likeness (QED) is 0.499. The number of carbonyl (C=O) groups is 2. The van der Waals surface area contributed by atoms with Gasteiger partial charge in [-0.25, -0.2) is 0 Å². The number of benzene rings is 3. The molecular weight excluding hydrogens is 461 g/mol. The predicted octanol–water partition coefficient (Wildman–Crippen LogP) is 5.65. The Morgan fingerprint density at radius 3 is 2.03 bits per heavy atom. The van der Waals surface area contributed by atoms with Gasteiger partial charge in [0.05, 0.1) is 22.4 Å². The molecule has 8 heteroatoms. The lowest BCUT2D eigenvalue weighted by Crippen LogP contribution is -2.25. The molecule has 2 amide bonds. The Morgan fingerprint density at radius 2 is 1.40 bits per heavy atom. The van der Waals surface area contributed by atoms with E-state index in [9.17, 15) is 22.8 Å². The second-order valence-corrected chi connectivity index (χ2v) is 7.21. The third kappa shape index (κ3) is 5.27. The summed E-state index contributed by atoms with van der Waals surface area (Å²) >= 11 is 3.32. The highest BCUT2D eigenvalue weighted by Crippen LogP contribution is 2.29. The number of rotatable bonds is 5. The van der Waals surface area contributed by atoms with Crippen LogP contribution in [-0.4, -0.2) is 11.8 Å². The summed E-state index contributed by atoms with van der Waals surface area (Å²) in [6.07, 6.45) is -4.41. The molecular formula is C22H16BrF3N2O2. The number of alkyl halides is 3. The normalized spacial score (nSPS) is 11.1. The highest BCUT2D eigenvalue weighted by molar-refractivity contribution is 9.10. The van der Waals surface area contributed by atoms with Gasteiger partial charge < -0.3 is 10.6 Å². The summed E-state index contributed by atoms with van der Waals surface area (Å²) in [5, 5.41) is 5.37. The Morgan fingerprint density at radius 1 is 0.800 bits per heavy atom. The molecule has 0 bridgehead atoms. The molecule has 0 saturated heterocycles. The summed E-state index contributed by atoms with van der Waals surface area (Å²) in [4.78, 5) is 25.1. The Balaban J connectivity index is 1.70. The number of hydrogen-bond donors (Lipinski definition) is 2. The van der Waals surface area contributed by atoms with E-state index in [0.29, 0.717) is 21.3 Å². The minimum atomic E-state index is -4.41. The lowest BCUT2D eigenvalue weighted by molar-refractivity contribution is -0.137. The van der Waals surface area contributed by atoms with E-state index in [-0.39, 0.29) is 18.0 Å². The summed E-state index contributed by atoms with van der Waals surface area (Å²) in [5.74, 6) is -0.844. The zero-order chi connectivity index (χ0) is 21.7. The molecule has 0 unspecified atom stereocenters. The maximum absolute atomic E-state index is 12.6. The predicted molar refractivity (Wildman–Crippen MR) is 111 cm³/mol. The van der Waals surface area contributed by atoms with E-state index in [1.165, 1.54) is 12.1 Å². The molecule has 0 fully saturated rings. The minimum Gasteiger partial charge on any atom is -0.348 e. The molecule has 0 aromatic heterocycles. The van der Waals surface area contributed by atoms with E-state index in [2.05, 4.69) is 26.6 Å². The van der Waals surface area contributed by atoms with E-state index in [4.69, 9.17) is 0 Å². The first-order valence-electron chi connectivity index (χ1n) is 8.85. The number of halogens is 4. The van der Waals surface area contributed by atoms with Crippen molar-refractivity contribution in [2.24, 2.45) is 0 Å². The number of hydrogen-bond acceptors (Lipinski definition) is 2. The topological polar surface area (TPSA) is 58.2 Å². The maximum atomic E-state index is 12.6. The van der Waals surface area contributed by atoms with Crippen molar-refractivity contribution in [1.82, 2.24) is 5.32 Å². The van der Waals surface area contributed by atoms with E-state index >= 15 is 0 Å². The van der Waals surface area contributed by atoms with Gasteiger partial charge in [-0.15, -0.1) is 0 Å². The van der Waals surface area contributed by atoms with Crippen LogP contribution in [0.25, 0.3) is 0 Å². The summed E-state index contributed by atoms with van der Waals surface area (Å²) in [6.45, 7) is 0.0451. The Labute approximate surface area is 179 Å². The van der Waals surface area contributed by atoms with Crippen LogP contribution in [0.3, 0.4) is 0 Å². The van der Waals surface area contributed by atoms with Gasteiger partial charge in [-0.05, 0) is 57.9 Å². The van der Waals surface area contributed by atoms with Crippen LogP contribution < -0.4 is 10.6 Å². The van der Waals surface area contributed by atoms with E-state index in [1.807, 2.05) is 0 Å². The molecule has 154 valence electrons. The fraction of sp³-hybridized carbons (Fsp3) is 0.0909. The van der Waals surface area contributed by atoms with Crippen molar-refractivity contribution in [3.05, 3.63) is 99.5 Å². The van der Waals surface area contributed by atoms with Crippen molar-refractivity contribution < 1.29 is 22.8 Å². The Kier molecular flexibility index (Phi) is 6.56. The highest BCUT2D eigenvalue weighted by Gasteiger charge is 2.29. The molecule has 0 atom stereocenters. The molecule has 0 aliphatic heterocycles. The lowest BCUT2D eigenvalue weighted by Gasteiger charge is -2.12. The van der Waals surface area contributed by atoms with Crippen LogP contribution >= 0.6 is 15.9 Å². The van der Waals surface area contributed by atoms with Gasteiger partial charge in [0, 0.05) is 11.0 Å². The molecule has 3 aromatic carbocycles.